The molecule has 1 aliphatic carbocycles. The zero-order chi connectivity index (χ0) is 23.2. The van der Waals surface area contributed by atoms with Gasteiger partial charge in [0, 0.05) is 5.56 Å². The van der Waals surface area contributed by atoms with E-state index in [1.165, 1.54) is 35.7 Å². The van der Waals surface area contributed by atoms with E-state index < -0.39 is 12.1 Å². The molecule has 178 valence electrons. The third-order valence-corrected chi connectivity index (χ3v) is 5.64. The molecule has 2 aromatic heterocycles. The van der Waals surface area contributed by atoms with Gasteiger partial charge in [0.2, 0.25) is 0 Å². The molecular formula is C23H21ClF3N5O2. The van der Waals surface area contributed by atoms with Crippen LogP contribution in [0.25, 0.3) is 22.3 Å². The monoisotopic (exact) mass is 491 g/mol. The van der Waals surface area contributed by atoms with Gasteiger partial charge in [-0.2, -0.15) is 5.10 Å². The summed E-state index contributed by atoms with van der Waals surface area (Å²) in [5, 5.41) is 5.35. The van der Waals surface area contributed by atoms with Gasteiger partial charge < -0.3 is 15.2 Å². The van der Waals surface area contributed by atoms with Crippen LogP contribution in [0.15, 0.2) is 48.8 Å². The average Bonchev–Trinajstić information content (AvgIpc) is 3.36. The largest absolute Gasteiger partial charge is 0.573 e. The summed E-state index contributed by atoms with van der Waals surface area (Å²) in [4.78, 5) is 8.53. The van der Waals surface area contributed by atoms with Gasteiger partial charge in [-0.25, -0.2) is 14.6 Å². The summed E-state index contributed by atoms with van der Waals surface area (Å²) >= 11 is 0. The molecule has 2 heterocycles. The maximum atomic E-state index is 12.8. The Bertz CT molecular complexity index is 1320. The third-order valence-electron chi connectivity index (χ3n) is 5.64. The van der Waals surface area contributed by atoms with Crippen molar-refractivity contribution in [1.82, 2.24) is 19.7 Å². The Morgan fingerprint density at radius 1 is 1.06 bits per heavy atom. The maximum Gasteiger partial charge on any atom is 0.573 e. The number of nitrogens with zero attached hydrogens (tertiary/aromatic N) is 4. The molecule has 5 rings (SSSR count). The van der Waals surface area contributed by atoms with Crippen molar-refractivity contribution in [1.29, 1.82) is 0 Å². The van der Waals surface area contributed by atoms with Crippen molar-refractivity contribution >= 4 is 29.3 Å². The molecule has 0 atom stereocenters. The van der Waals surface area contributed by atoms with E-state index in [9.17, 15) is 13.2 Å². The lowest BCUT2D eigenvalue weighted by atomic mass is 10.1. The number of rotatable bonds is 5. The predicted octanol–water partition coefficient (Wildman–Crippen LogP) is 5.13. The number of fused-ring (bicyclic) bond motifs is 2. The van der Waals surface area contributed by atoms with Gasteiger partial charge >= 0.3 is 6.36 Å². The molecule has 0 bridgehead atoms. The van der Waals surface area contributed by atoms with Crippen LogP contribution in [0.2, 0.25) is 0 Å². The summed E-state index contributed by atoms with van der Waals surface area (Å²) in [5.74, 6) is -0.226. The number of benzene rings is 2. The van der Waals surface area contributed by atoms with E-state index in [0.717, 1.165) is 12.8 Å². The van der Waals surface area contributed by atoms with Crippen LogP contribution in [0.5, 0.6) is 11.5 Å². The lowest BCUT2D eigenvalue weighted by Gasteiger charge is -2.14. The Hall–Kier alpha value is -3.53. The molecule has 0 saturated heterocycles. The number of hydrogen-bond donors (Lipinski definition) is 1. The highest BCUT2D eigenvalue weighted by Crippen LogP contribution is 2.40. The summed E-state index contributed by atoms with van der Waals surface area (Å²) in [7, 11) is 0. The molecule has 7 nitrogen and oxygen atoms in total. The van der Waals surface area contributed by atoms with Crippen molar-refractivity contribution in [2.75, 3.05) is 12.3 Å². The van der Waals surface area contributed by atoms with E-state index in [1.807, 2.05) is 16.8 Å². The first-order chi connectivity index (χ1) is 15.8. The van der Waals surface area contributed by atoms with Gasteiger partial charge in [0.1, 0.15) is 17.8 Å². The highest BCUT2D eigenvalue weighted by atomic mass is 35.5. The van der Waals surface area contributed by atoms with Crippen LogP contribution < -0.4 is 15.2 Å². The number of ether oxygens (including phenoxy) is 2. The number of nitrogen functional groups attached to an aromatic ring is 1. The van der Waals surface area contributed by atoms with Gasteiger partial charge in [-0.1, -0.05) is 24.3 Å². The van der Waals surface area contributed by atoms with Crippen molar-refractivity contribution in [2.45, 2.75) is 32.2 Å². The fraction of sp³-hybridized carbons (Fsp3) is 0.261. The zero-order valence-corrected chi connectivity index (χ0v) is 18.9. The van der Waals surface area contributed by atoms with Crippen molar-refractivity contribution in [3.05, 3.63) is 59.9 Å². The van der Waals surface area contributed by atoms with Gasteiger partial charge in [0.15, 0.2) is 17.1 Å². The molecule has 0 amide bonds. The van der Waals surface area contributed by atoms with Gasteiger partial charge in [-0.15, -0.1) is 25.6 Å². The summed E-state index contributed by atoms with van der Waals surface area (Å²) in [5.41, 5.74) is 10.3. The minimum absolute atomic E-state index is 0. The number of hydrogen-bond acceptors (Lipinski definition) is 6. The summed E-state index contributed by atoms with van der Waals surface area (Å²) in [6.45, 7) is 1.84. The molecule has 34 heavy (non-hydrogen) atoms. The molecule has 0 radical (unpaired) electrons. The highest BCUT2D eigenvalue weighted by molar-refractivity contribution is 5.98. The molecule has 2 aromatic carbocycles. The fourth-order valence-electron chi connectivity index (χ4n) is 4.29. The van der Waals surface area contributed by atoms with Crippen molar-refractivity contribution in [2.24, 2.45) is 0 Å². The number of alkyl halides is 3. The molecule has 2 N–H and O–H groups in total. The van der Waals surface area contributed by atoms with Crippen molar-refractivity contribution in [3.8, 4) is 22.8 Å². The summed E-state index contributed by atoms with van der Waals surface area (Å²) < 4.78 is 49.8. The van der Waals surface area contributed by atoms with E-state index in [0.29, 0.717) is 22.3 Å². The van der Waals surface area contributed by atoms with Crippen LogP contribution in [-0.4, -0.2) is 32.7 Å². The second-order valence-electron chi connectivity index (χ2n) is 7.72. The van der Waals surface area contributed by atoms with E-state index in [-0.39, 0.29) is 36.6 Å². The lowest BCUT2D eigenvalue weighted by molar-refractivity contribution is -0.275. The standard InChI is InChI=1S/C23H20F3N5O2.ClH/c1-2-32-18-11-15(7-8-17(18)33-23(24,25)26)20-19-21(27)28-12-29-22(19)31(30-20)16-9-13-5-3-4-6-14(13)10-16;/h3-8,11-12,16H,2,9-10H2,1H3,(H2,27,28,29);1H. The first-order valence-corrected chi connectivity index (χ1v) is 10.4. The van der Waals surface area contributed by atoms with E-state index in [4.69, 9.17) is 15.6 Å². The van der Waals surface area contributed by atoms with Gasteiger partial charge in [0.25, 0.3) is 0 Å². The Kier molecular flexibility index (Phi) is 6.26. The Balaban J connectivity index is 0.00000274. The fourth-order valence-corrected chi connectivity index (χ4v) is 4.29. The van der Waals surface area contributed by atoms with Gasteiger partial charge in [0.05, 0.1) is 18.0 Å². The normalized spacial score (nSPS) is 13.5. The molecule has 4 aromatic rings. The Morgan fingerprint density at radius 2 is 1.76 bits per heavy atom. The minimum atomic E-state index is -4.84. The highest BCUT2D eigenvalue weighted by Gasteiger charge is 2.33. The zero-order valence-electron chi connectivity index (χ0n) is 18.0. The SMILES string of the molecule is CCOc1cc(-c2nn(C3Cc4ccccc4C3)c3ncnc(N)c23)ccc1OC(F)(F)F.Cl. The lowest BCUT2D eigenvalue weighted by Crippen LogP contribution is -2.17. The molecule has 0 unspecified atom stereocenters. The second-order valence-corrected chi connectivity index (χ2v) is 7.72. The molecular weight excluding hydrogens is 471 g/mol. The molecule has 0 fully saturated rings. The van der Waals surface area contributed by atoms with Crippen LogP contribution in [0.1, 0.15) is 24.1 Å². The Morgan fingerprint density at radius 3 is 2.41 bits per heavy atom. The minimum Gasteiger partial charge on any atom is -0.490 e. The van der Waals surface area contributed by atoms with E-state index >= 15 is 0 Å². The summed E-state index contributed by atoms with van der Waals surface area (Å²) in [6.07, 6.45) is -1.87. The van der Waals surface area contributed by atoms with Crippen molar-refractivity contribution in [3.63, 3.8) is 0 Å². The number of anilines is 1. The van der Waals surface area contributed by atoms with Gasteiger partial charge in [-0.05, 0) is 49.1 Å². The number of halogens is 4. The van der Waals surface area contributed by atoms with E-state index in [2.05, 4.69) is 26.8 Å². The number of aromatic nitrogens is 4. The van der Waals surface area contributed by atoms with E-state index in [1.54, 1.807) is 6.92 Å². The molecule has 0 aliphatic heterocycles. The van der Waals surface area contributed by atoms with Crippen molar-refractivity contribution < 1.29 is 22.6 Å². The Labute approximate surface area is 199 Å². The van der Waals surface area contributed by atoms with Crippen LogP contribution in [0.3, 0.4) is 0 Å². The predicted molar refractivity (Wildman–Crippen MR) is 123 cm³/mol. The van der Waals surface area contributed by atoms with Crippen LogP contribution in [0.4, 0.5) is 19.0 Å². The quantitative estimate of drug-likeness (QED) is 0.416. The first-order valence-electron chi connectivity index (χ1n) is 10.4. The second kappa shape index (κ2) is 9.02. The molecule has 0 saturated carbocycles. The topological polar surface area (TPSA) is 88.1 Å². The molecule has 1 aliphatic rings. The molecule has 11 heteroatoms. The smallest absolute Gasteiger partial charge is 0.490 e. The summed E-state index contributed by atoms with van der Waals surface area (Å²) in [6, 6.07) is 12.4. The van der Waals surface area contributed by atoms with Gasteiger partial charge in [-0.3, -0.25) is 0 Å². The average molecular weight is 492 g/mol. The first kappa shape index (κ1) is 23.6. The van der Waals surface area contributed by atoms with Crippen LogP contribution >= 0.6 is 12.4 Å². The van der Waals surface area contributed by atoms with Crippen LogP contribution in [-0.2, 0) is 12.8 Å². The molecule has 0 spiro atoms. The third kappa shape index (κ3) is 4.33. The maximum absolute atomic E-state index is 12.8. The van der Waals surface area contributed by atoms with Crippen LogP contribution in [0, 0.1) is 0 Å². The number of nitrogens with two attached hydrogens (primary N) is 1.